The minimum Gasteiger partial charge on any atom is -0.371 e. The number of H-pyrrole nitrogens is 1. The Bertz CT molecular complexity index is 636. The summed E-state index contributed by atoms with van der Waals surface area (Å²) in [6.45, 7) is 0.695. The third-order valence-corrected chi connectivity index (χ3v) is 3.80. The average Bonchev–Trinajstić information content (AvgIpc) is 3.08. The Morgan fingerprint density at radius 1 is 1.62 bits per heavy atom. The molecular formula is C14H17ClN4O2. The summed E-state index contributed by atoms with van der Waals surface area (Å²) in [6.07, 6.45) is 6.92. The summed E-state index contributed by atoms with van der Waals surface area (Å²) in [4.78, 5) is 15.1. The number of aromatic amines is 1. The van der Waals surface area contributed by atoms with Crippen LogP contribution in [0.2, 0.25) is 5.02 Å². The van der Waals surface area contributed by atoms with E-state index in [-0.39, 0.29) is 18.1 Å². The quantitative estimate of drug-likeness (QED) is 0.911. The van der Waals surface area contributed by atoms with E-state index < -0.39 is 0 Å². The molecule has 3 heterocycles. The fourth-order valence-corrected chi connectivity index (χ4v) is 2.75. The number of aryl methyl sites for hydroxylation is 1. The van der Waals surface area contributed by atoms with E-state index in [9.17, 15) is 4.79 Å². The number of hydrogen-bond acceptors (Lipinski definition) is 3. The van der Waals surface area contributed by atoms with Crippen molar-refractivity contribution in [2.24, 2.45) is 7.05 Å². The van der Waals surface area contributed by atoms with E-state index >= 15 is 0 Å². The van der Waals surface area contributed by atoms with Crippen LogP contribution >= 0.6 is 11.6 Å². The minimum absolute atomic E-state index is 0.0717. The van der Waals surface area contributed by atoms with Crippen LogP contribution in [0.4, 0.5) is 0 Å². The number of carbonyl (C=O) groups is 1. The maximum atomic E-state index is 12.2. The summed E-state index contributed by atoms with van der Waals surface area (Å²) in [5, 5.41) is 7.70. The average molecular weight is 309 g/mol. The van der Waals surface area contributed by atoms with Gasteiger partial charge in [-0.15, -0.1) is 0 Å². The van der Waals surface area contributed by atoms with Crippen molar-refractivity contribution in [1.82, 2.24) is 20.1 Å². The van der Waals surface area contributed by atoms with E-state index in [0.717, 1.165) is 18.4 Å². The van der Waals surface area contributed by atoms with Crippen LogP contribution in [0.25, 0.3) is 0 Å². The van der Waals surface area contributed by atoms with Gasteiger partial charge in [0, 0.05) is 31.6 Å². The third kappa shape index (κ3) is 3.11. The SMILES string of the molecule is Cn1cc([C@H]2OCCC[C@@H]2NC(=O)c2cc(Cl)c[nH]2)cn1. The molecule has 1 aliphatic heterocycles. The zero-order valence-corrected chi connectivity index (χ0v) is 12.4. The van der Waals surface area contributed by atoms with E-state index in [4.69, 9.17) is 16.3 Å². The topological polar surface area (TPSA) is 71.9 Å². The molecule has 1 saturated heterocycles. The number of ether oxygens (including phenoxy) is 1. The van der Waals surface area contributed by atoms with E-state index in [1.54, 1.807) is 23.1 Å². The van der Waals surface area contributed by atoms with Gasteiger partial charge in [0.1, 0.15) is 11.8 Å². The van der Waals surface area contributed by atoms with Crippen molar-refractivity contribution in [3.63, 3.8) is 0 Å². The molecule has 21 heavy (non-hydrogen) atoms. The lowest BCUT2D eigenvalue weighted by Gasteiger charge is -2.31. The summed E-state index contributed by atoms with van der Waals surface area (Å²) in [6, 6.07) is 1.54. The van der Waals surface area contributed by atoms with Crippen molar-refractivity contribution in [3.05, 3.63) is 40.9 Å². The molecule has 1 amide bonds. The molecule has 6 nitrogen and oxygen atoms in total. The van der Waals surface area contributed by atoms with Gasteiger partial charge in [0.2, 0.25) is 0 Å². The highest BCUT2D eigenvalue weighted by molar-refractivity contribution is 6.30. The van der Waals surface area contributed by atoms with Gasteiger partial charge in [-0.3, -0.25) is 9.48 Å². The van der Waals surface area contributed by atoms with Crippen LogP contribution in [0.5, 0.6) is 0 Å². The second kappa shape index (κ2) is 5.91. The first-order chi connectivity index (χ1) is 10.1. The van der Waals surface area contributed by atoms with E-state index in [1.807, 2.05) is 13.2 Å². The number of carbonyl (C=O) groups excluding carboxylic acids is 1. The molecule has 0 bridgehead atoms. The number of rotatable bonds is 3. The highest BCUT2D eigenvalue weighted by atomic mass is 35.5. The minimum atomic E-state index is -0.175. The molecule has 0 unspecified atom stereocenters. The lowest BCUT2D eigenvalue weighted by atomic mass is 9.98. The highest BCUT2D eigenvalue weighted by Gasteiger charge is 2.30. The summed E-state index contributed by atoms with van der Waals surface area (Å²) >= 11 is 5.83. The van der Waals surface area contributed by atoms with Crippen molar-refractivity contribution in [2.45, 2.75) is 25.0 Å². The van der Waals surface area contributed by atoms with Crippen LogP contribution in [0.3, 0.4) is 0 Å². The Hall–Kier alpha value is -1.79. The Morgan fingerprint density at radius 3 is 3.14 bits per heavy atom. The van der Waals surface area contributed by atoms with Crippen molar-refractivity contribution < 1.29 is 9.53 Å². The van der Waals surface area contributed by atoms with Gasteiger partial charge in [-0.1, -0.05) is 11.6 Å². The van der Waals surface area contributed by atoms with Gasteiger partial charge in [-0.25, -0.2) is 0 Å². The Morgan fingerprint density at radius 2 is 2.48 bits per heavy atom. The van der Waals surface area contributed by atoms with Crippen LogP contribution in [0.15, 0.2) is 24.7 Å². The van der Waals surface area contributed by atoms with E-state index in [2.05, 4.69) is 15.4 Å². The third-order valence-electron chi connectivity index (χ3n) is 3.58. The molecule has 0 spiro atoms. The van der Waals surface area contributed by atoms with Crippen LogP contribution < -0.4 is 5.32 Å². The molecule has 0 radical (unpaired) electrons. The van der Waals surface area contributed by atoms with Crippen LogP contribution in [-0.2, 0) is 11.8 Å². The van der Waals surface area contributed by atoms with Crippen molar-refractivity contribution >= 4 is 17.5 Å². The first kappa shape index (κ1) is 14.2. The zero-order valence-electron chi connectivity index (χ0n) is 11.7. The monoisotopic (exact) mass is 308 g/mol. The molecule has 0 aromatic carbocycles. The molecule has 0 saturated carbocycles. The van der Waals surface area contributed by atoms with Crippen LogP contribution in [0, 0.1) is 0 Å². The molecule has 2 aromatic heterocycles. The van der Waals surface area contributed by atoms with Crippen molar-refractivity contribution in [2.75, 3.05) is 6.61 Å². The molecule has 2 atom stereocenters. The normalized spacial score (nSPS) is 22.2. The first-order valence-corrected chi connectivity index (χ1v) is 7.26. The second-order valence-electron chi connectivity index (χ2n) is 5.19. The van der Waals surface area contributed by atoms with E-state index in [0.29, 0.717) is 17.3 Å². The highest BCUT2D eigenvalue weighted by Crippen LogP contribution is 2.28. The number of amides is 1. The van der Waals surface area contributed by atoms with E-state index in [1.165, 1.54) is 0 Å². The number of aromatic nitrogens is 3. The van der Waals surface area contributed by atoms with Crippen LogP contribution in [0.1, 0.15) is 35.0 Å². The van der Waals surface area contributed by atoms with Gasteiger partial charge in [0.05, 0.1) is 17.3 Å². The van der Waals surface area contributed by atoms with Crippen LogP contribution in [-0.4, -0.2) is 33.3 Å². The molecule has 0 aliphatic carbocycles. The molecule has 112 valence electrons. The first-order valence-electron chi connectivity index (χ1n) is 6.88. The fourth-order valence-electron chi connectivity index (χ4n) is 2.59. The molecular weight excluding hydrogens is 292 g/mol. The molecule has 1 fully saturated rings. The largest absolute Gasteiger partial charge is 0.371 e. The lowest BCUT2D eigenvalue weighted by Crippen LogP contribution is -2.42. The Kier molecular flexibility index (Phi) is 3.98. The van der Waals surface area contributed by atoms with Gasteiger partial charge < -0.3 is 15.0 Å². The Balaban J connectivity index is 1.74. The number of nitrogens with zero attached hydrogens (tertiary/aromatic N) is 2. The molecule has 2 N–H and O–H groups in total. The standard InChI is InChI=1S/C14H17ClN4O2/c1-19-8-9(6-17-19)13-11(3-2-4-21-13)18-14(20)12-5-10(15)7-16-12/h5-8,11,13,16H,2-4H2,1H3,(H,18,20)/t11-,13+/m0/s1. The smallest absolute Gasteiger partial charge is 0.268 e. The number of halogens is 1. The lowest BCUT2D eigenvalue weighted by molar-refractivity contribution is -0.00954. The number of hydrogen-bond donors (Lipinski definition) is 2. The second-order valence-corrected chi connectivity index (χ2v) is 5.63. The summed E-state index contributed by atoms with van der Waals surface area (Å²) in [5.41, 5.74) is 1.43. The van der Waals surface area contributed by atoms with Gasteiger partial charge >= 0.3 is 0 Å². The molecule has 2 aromatic rings. The van der Waals surface area contributed by atoms with Gasteiger partial charge in [0.15, 0.2) is 0 Å². The molecule has 1 aliphatic rings. The van der Waals surface area contributed by atoms with Gasteiger partial charge in [0.25, 0.3) is 5.91 Å². The molecule has 3 rings (SSSR count). The predicted octanol–water partition coefficient (Wildman–Crippen LogP) is 2.05. The fraction of sp³-hybridized carbons (Fsp3) is 0.429. The summed E-state index contributed by atoms with van der Waals surface area (Å²) < 4.78 is 7.56. The van der Waals surface area contributed by atoms with Gasteiger partial charge in [-0.2, -0.15) is 5.10 Å². The summed E-state index contributed by atoms with van der Waals surface area (Å²) in [5.74, 6) is -0.175. The van der Waals surface area contributed by atoms with Gasteiger partial charge in [-0.05, 0) is 18.9 Å². The van der Waals surface area contributed by atoms with Crippen molar-refractivity contribution in [3.8, 4) is 0 Å². The number of nitrogens with one attached hydrogen (secondary N) is 2. The Labute approximate surface area is 127 Å². The van der Waals surface area contributed by atoms with Crippen molar-refractivity contribution in [1.29, 1.82) is 0 Å². The maximum absolute atomic E-state index is 12.2. The summed E-state index contributed by atoms with van der Waals surface area (Å²) in [7, 11) is 1.86. The molecule has 7 heteroatoms. The predicted molar refractivity (Wildman–Crippen MR) is 78.2 cm³/mol. The zero-order chi connectivity index (χ0) is 14.8. The maximum Gasteiger partial charge on any atom is 0.268 e.